The lowest BCUT2D eigenvalue weighted by Gasteiger charge is -2.19. The second-order valence-electron chi connectivity index (χ2n) is 7.64. The van der Waals surface area contributed by atoms with Crippen molar-refractivity contribution in [2.24, 2.45) is 0 Å². The number of rotatable bonds is 8. The topological polar surface area (TPSA) is 67.4 Å². The van der Waals surface area contributed by atoms with Crippen molar-refractivity contribution in [1.82, 2.24) is 5.32 Å². The van der Waals surface area contributed by atoms with Gasteiger partial charge in [0, 0.05) is 16.1 Å². The van der Waals surface area contributed by atoms with Crippen LogP contribution in [0.25, 0.3) is 0 Å². The summed E-state index contributed by atoms with van der Waals surface area (Å²) in [5.74, 6) is 0.633. The van der Waals surface area contributed by atoms with Gasteiger partial charge in [-0.1, -0.05) is 47.5 Å². The van der Waals surface area contributed by atoms with Crippen LogP contribution in [0.15, 0.2) is 71.6 Å². The van der Waals surface area contributed by atoms with Crippen LogP contribution in [0.2, 0.25) is 0 Å². The van der Waals surface area contributed by atoms with Gasteiger partial charge in [0.25, 0.3) is 5.91 Å². The van der Waals surface area contributed by atoms with Crippen LogP contribution in [-0.4, -0.2) is 24.7 Å². The smallest absolute Gasteiger partial charge is 0.252 e. The van der Waals surface area contributed by atoms with E-state index in [0.29, 0.717) is 5.56 Å². The molecule has 0 aliphatic heterocycles. The number of carbonyl (C=O) groups is 2. The Morgan fingerprint density at radius 2 is 1.66 bits per heavy atom. The van der Waals surface area contributed by atoms with Crippen molar-refractivity contribution in [2.75, 3.05) is 18.2 Å². The van der Waals surface area contributed by atoms with Gasteiger partial charge in [-0.15, -0.1) is 11.8 Å². The summed E-state index contributed by atoms with van der Waals surface area (Å²) in [4.78, 5) is 26.2. The Kier molecular flexibility index (Phi) is 7.95. The first kappa shape index (κ1) is 23.4. The molecular weight excluding hydrogens is 420 g/mol. The van der Waals surface area contributed by atoms with Crippen molar-refractivity contribution in [1.29, 1.82) is 0 Å². The third-order valence-electron chi connectivity index (χ3n) is 5.03. The second-order valence-corrected chi connectivity index (χ2v) is 8.66. The molecule has 3 rings (SSSR count). The van der Waals surface area contributed by atoms with Crippen molar-refractivity contribution < 1.29 is 14.3 Å². The third-order valence-corrected chi connectivity index (χ3v) is 6.10. The number of aryl methyl sites for hydroxylation is 2. The standard InChI is InChI=1S/C26H28N2O3S/c1-17-9-12-20(13-10-17)28-25(29)16-32-24-8-6-5-7-21(24)26(30)27-19(3)22-15-18(2)11-14-23(22)31-4/h5-15,19H,16H2,1-4H3,(H,27,30)(H,28,29). The quantitative estimate of drug-likeness (QED) is 0.445. The Bertz CT molecular complexity index is 1100. The predicted octanol–water partition coefficient (Wildman–Crippen LogP) is 5.53. The van der Waals surface area contributed by atoms with Gasteiger partial charge in [0.2, 0.25) is 5.91 Å². The minimum Gasteiger partial charge on any atom is -0.496 e. The summed E-state index contributed by atoms with van der Waals surface area (Å²) in [5, 5.41) is 5.94. The van der Waals surface area contributed by atoms with Gasteiger partial charge in [-0.2, -0.15) is 0 Å². The van der Waals surface area contributed by atoms with E-state index >= 15 is 0 Å². The number of nitrogens with one attached hydrogen (secondary N) is 2. The van der Waals surface area contributed by atoms with Gasteiger partial charge in [0.05, 0.1) is 24.5 Å². The second kappa shape index (κ2) is 10.9. The predicted molar refractivity (Wildman–Crippen MR) is 131 cm³/mol. The van der Waals surface area contributed by atoms with Crippen molar-refractivity contribution in [3.63, 3.8) is 0 Å². The van der Waals surface area contributed by atoms with Gasteiger partial charge in [-0.05, 0) is 51.1 Å². The maximum atomic E-state index is 13.0. The SMILES string of the molecule is COc1ccc(C)cc1C(C)NC(=O)c1ccccc1SCC(=O)Nc1ccc(C)cc1. The fourth-order valence-electron chi connectivity index (χ4n) is 3.30. The molecule has 166 valence electrons. The molecule has 0 spiro atoms. The van der Waals surface area contributed by atoms with Crippen LogP contribution in [-0.2, 0) is 4.79 Å². The molecule has 0 aliphatic carbocycles. The molecule has 32 heavy (non-hydrogen) atoms. The summed E-state index contributed by atoms with van der Waals surface area (Å²) in [6, 6.07) is 20.6. The largest absolute Gasteiger partial charge is 0.496 e. The number of methoxy groups -OCH3 is 1. The number of thioether (sulfide) groups is 1. The van der Waals surface area contributed by atoms with E-state index in [9.17, 15) is 9.59 Å². The molecule has 0 saturated heterocycles. The molecule has 5 nitrogen and oxygen atoms in total. The summed E-state index contributed by atoms with van der Waals surface area (Å²) in [6.45, 7) is 5.93. The maximum Gasteiger partial charge on any atom is 0.252 e. The van der Waals surface area contributed by atoms with E-state index in [4.69, 9.17) is 4.74 Å². The molecule has 2 amide bonds. The van der Waals surface area contributed by atoms with E-state index < -0.39 is 0 Å². The first-order chi connectivity index (χ1) is 15.4. The van der Waals surface area contributed by atoms with E-state index in [1.807, 2.05) is 81.4 Å². The molecule has 1 unspecified atom stereocenters. The Hall–Kier alpha value is -3.25. The number of hydrogen-bond donors (Lipinski definition) is 2. The van der Waals surface area contributed by atoms with Crippen LogP contribution >= 0.6 is 11.8 Å². The van der Waals surface area contributed by atoms with Crippen LogP contribution in [0.5, 0.6) is 5.75 Å². The van der Waals surface area contributed by atoms with Crippen LogP contribution in [0, 0.1) is 13.8 Å². The zero-order chi connectivity index (χ0) is 23.1. The molecule has 3 aromatic rings. The molecule has 2 N–H and O–H groups in total. The highest BCUT2D eigenvalue weighted by Crippen LogP contribution is 2.28. The first-order valence-electron chi connectivity index (χ1n) is 10.4. The highest BCUT2D eigenvalue weighted by atomic mass is 32.2. The van der Waals surface area contributed by atoms with Gasteiger partial charge in [0.1, 0.15) is 5.75 Å². The molecule has 0 aromatic heterocycles. The van der Waals surface area contributed by atoms with E-state index in [1.165, 1.54) is 11.8 Å². The Balaban J connectivity index is 1.66. The molecule has 0 heterocycles. The molecule has 0 radical (unpaired) electrons. The van der Waals surface area contributed by atoms with Crippen molar-refractivity contribution in [3.05, 3.63) is 89.0 Å². The Labute approximate surface area is 193 Å². The van der Waals surface area contributed by atoms with Crippen molar-refractivity contribution in [2.45, 2.75) is 31.7 Å². The van der Waals surface area contributed by atoms with Gasteiger partial charge in [0.15, 0.2) is 0 Å². The summed E-state index contributed by atoms with van der Waals surface area (Å²) >= 11 is 1.34. The molecule has 0 saturated carbocycles. The molecular formula is C26H28N2O3S. The number of ether oxygens (including phenoxy) is 1. The average Bonchev–Trinajstić information content (AvgIpc) is 2.79. The van der Waals surface area contributed by atoms with E-state index in [0.717, 1.165) is 33.0 Å². The van der Waals surface area contributed by atoms with E-state index in [-0.39, 0.29) is 23.6 Å². The maximum absolute atomic E-state index is 13.0. The fourth-order valence-corrected chi connectivity index (χ4v) is 4.15. The molecule has 1 atom stereocenters. The Morgan fingerprint density at radius 3 is 2.38 bits per heavy atom. The molecule has 0 fully saturated rings. The van der Waals surface area contributed by atoms with Crippen LogP contribution in [0.3, 0.4) is 0 Å². The summed E-state index contributed by atoms with van der Waals surface area (Å²) in [6.07, 6.45) is 0. The van der Waals surface area contributed by atoms with Crippen LogP contribution < -0.4 is 15.4 Å². The number of amides is 2. The molecule has 0 bridgehead atoms. The number of benzene rings is 3. The molecule has 3 aromatic carbocycles. The number of hydrogen-bond acceptors (Lipinski definition) is 4. The normalized spacial score (nSPS) is 11.5. The van der Waals surface area contributed by atoms with Crippen molar-refractivity contribution in [3.8, 4) is 5.75 Å². The summed E-state index contributed by atoms with van der Waals surface area (Å²) in [5.41, 5.74) is 4.45. The monoisotopic (exact) mass is 448 g/mol. The highest BCUT2D eigenvalue weighted by molar-refractivity contribution is 8.00. The zero-order valence-corrected chi connectivity index (χ0v) is 19.6. The minimum absolute atomic E-state index is 0.119. The highest BCUT2D eigenvalue weighted by Gasteiger charge is 2.18. The number of anilines is 1. The average molecular weight is 449 g/mol. The van der Waals surface area contributed by atoms with Crippen LogP contribution in [0.4, 0.5) is 5.69 Å². The van der Waals surface area contributed by atoms with Crippen molar-refractivity contribution >= 4 is 29.3 Å². The lowest BCUT2D eigenvalue weighted by atomic mass is 10.0. The molecule has 6 heteroatoms. The van der Waals surface area contributed by atoms with Gasteiger partial charge in [-0.25, -0.2) is 0 Å². The van der Waals surface area contributed by atoms with Gasteiger partial charge < -0.3 is 15.4 Å². The summed E-state index contributed by atoms with van der Waals surface area (Å²) in [7, 11) is 1.62. The van der Waals surface area contributed by atoms with Gasteiger partial charge in [-0.3, -0.25) is 9.59 Å². The first-order valence-corrected chi connectivity index (χ1v) is 11.4. The lowest BCUT2D eigenvalue weighted by molar-refractivity contribution is -0.113. The Morgan fingerprint density at radius 1 is 0.969 bits per heavy atom. The lowest BCUT2D eigenvalue weighted by Crippen LogP contribution is -2.27. The minimum atomic E-state index is -0.236. The van der Waals surface area contributed by atoms with Crippen LogP contribution in [0.1, 0.15) is 40.0 Å². The number of carbonyl (C=O) groups excluding carboxylic acids is 2. The van der Waals surface area contributed by atoms with E-state index in [1.54, 1.807) is 13.2 Å². The zero-order valence-electron chi connectivity index (χ0n) is 18.8. The third kappa shape index (κ3) is 6.14. The molecule has 0 aliphatic rings. The van der Waals surface area contributed by atoms with Gasteiger partial charge >= 0.3 is 0 Å². The fraction of sp³-hybridized carbons (Fsp3) is 0.231. The van der Waals surface area contributed by atoms with E-state index in [2.05, 4.69) is 10.6 Å². The summed E-state index contributed by atoms with van der Waals surface area (Å²) < 4.78 is 5.45.